The highest BCUT2D eigenvalue weighted by Gasteiger charge is 2.30. The van der Waals surface area contributed by atoms with Crippen molar-refractivity contribution >= 4 is 23.6 Å². The van der Waals surface area contributed by atoms with Crippen molar-refractivity contribution < 1.29 is 9.59 Å². The van der Waals surface area contributed by atoms with Crippen LogP contribution in [0, 0.1) is 6.92 Å². The van der Waals surface area contributed by atoms with Crippen LogP contribution >= 0.6 is 11.8 Å². The van der Waals surface area contributed by atoms with E-state index in [4.69, 9.17) is 0 Å². The van der Waals surface area contributed by atoms with Crippen LogP contribution < -0.4 is 5.32 Å². The quantitative estimate of drug-likeness (QED) is 0.468. The van der Waals surface area contributed by atoms with E-state index in [9.17, 15) is 9.59 Å². The normalized spacial score (nSPS) is 15.2. The molecule has 3 rings (SSSR count). The zero-order chi connectivity index (χ0) is 22.8. The van der Waals surface area contributed by atoms with Crippen LogP contribution in [0.15, 0.2) is 59.5 Å². The first kappa shape index (κ1) is 24.4. The van der Waals surface area contributed by atoms with Gasteiger partial charge in [0.15, 0.2) is 0 Å². The minimum atomic E-state index is -0.438. The number of rotatable bonds is 10. The molecule has 32 heavy (non-hydrogen) atoms. The molecule has 1 unspecified atom stereocenters. The zero-order valence-corrected chi connectivity index (χ0v) is 20.2. The Balaban J connectivity index is 1.70. The molecule has 4 nitrogen and oxygen atoms in total. The Bertz CT molecular complexity index is 865. The topological polar surface area (TPSA) is 49.4 Å². The smallest absolute Gasteiger partial charge is 0.243 e. The fourth-order valence-electron chi connectivity index (χ4n) is 4.39. The lowest BCUT2D eigenvalue weighted by molar-refractivity contribution is -0.141. The van der Waals surface area contributed by atoms with E-state index >= 15 is 0 Å². The van der Waals surface area contributed by atoms with Crippen LogP contribution in [0.25, 0.3) is 0 Å². The van der Waals surface area contributed by atoms with Crippen molar-refractivity contribution in [2.24, 2.45) is 0 Å². The fourth-order valence-corrected chi connectivity index (χ4v) is 5.25. The summed E-state index contributed by atoms with van der Waals surface area (Å²) in [6.07, 6.45) is 6.71. The number of nitrogens with zero attached hydrogens (tertiary/aromatic N) is 1. The third-order valence-electron chi connectivity index (χ3n) is 6.10. The highest BCUT2D eigenvalue weighted by molar-refractivity contribution is 7.99. The van der Waals surface area contributed by atoms with Gasteiger partial charge in [0.1, 0.15) is 6.04 Å². The average Bonchev–Trinajstić information content (AvgIpc) is 2.80. The summed E-state index contributed by atoms with van der Waals surface area (Å²) in [5.41, 5.74) is 2.23. The number of amides is 2. The molecule has 0 aliphatic heterocycles. The summed E-state index contributed by atoms with van der Waals surface area (Å²) in [5, 5.41) is 3.25. The van der Waals surface area contributed by atoms with Gasteiger partial charge in [-0.2, -0.15) is 0 Å². The van der Waals surface area contributed by atoms with Crippen LogP contribution in [0.2, 0.25) is 0 Å². The first-order chi connectivity index (χ1) is 15.6. The molecule has 1 aliphatic rings. The van der Waals surface area contributed by atoms with Gasteiger partial charge in [-0.25, -0.2) is 0 Å². The van der Waals surface area contributed by atoms with Gasteiger partial charge in [-0.3, -0.25) is 9.59 Å². The molecule has 5 heteroatoms. The van der Waals surface area contributed by atoms with E-state index in [-0.39, 0.29) is 17.9 Å². The molecule has 1 N–H and O–H groups in total. The molecule has 1 fully saturated rings. The number of hydrogen-bond acceptors (Lipinski definition) is 3. The van der Waals surface area contributed by atoms with Gasteiger partial charge in [0.25, 0.3) is 0 Å². The van der Waals surface area contributed by atoms with Gasteiger partial charge in [0, 0.05) is 29.7 Å². The van der Waals surface area contributed by atoms with E-state index < -0.39 is 6.04 Å². The third kappa shape index (κ3) is 7.40. The molecule has 1 saturated carbocycles. The van der Waals surface area contributed by atoms with Crippen molar-refractivity contribution in [2.45, 2.75) is 82.3 Å². The van der Waals surface area contributed by atoms with Crippen molar-refractivity contribution in [2.75, 3.05) is 5.75 Å². The van der Waals surface area contributed by atoms with Crippen molar-refractivity contribution in [1.82, 2.24) is 10.2 Å². The van der Waals surface area contributed by atoms with Crippen LogP contribution in [-0.2, 0) is 16.1 Å². The largest absolute Gasteiger partial charge is 0.352 e. The average molecular weight is 453 g/mol. The van der Waals surface area contributed by atoms with Gasteiger partial charge in [-0.05, 0) is 43.9 Å². The van der Waals surface area contributed by atoms with Crippen LogP contribution in [-0.4, -0.2) is 34.6 Å². The van der Waals surface area contributed by atoms with Crippen LogP contribution in [0.5, 0.6) is 0 Å². The van der Waals surface area contributed by atoms with Crippen molar-refractivity contribution in [1.29, 1.82) is 0 Å². The molecule has 0 heterocycles. The van der Waals surface area contributed by atoms with E-state index in [1.165, 1.54) is 19.3 Å². The lowest BCUT2D eigenvalue weighted by atomic mass is 9.95. The van der Waals surface area contributed by atoms with E-state index in [0.717, 1.165) is 28.9 Å². The number of carbonyl (C=O) groups excluding carboxylic acids is 2. The zero-order valence-electron chi connectivity index (χ0n) is 19.4. The van der Waals surface area contributed by atoms with Crippen LogP contribution in [0.3, 0.4) is 0 Å². The minimum Gasteiger partial charge on any atom is -0.352 e. The highest BCUT2D eigenvalue weighted by Crippen LogP contribution is 2.21. The molecule has 0 bridgehead atoms. The number of aryl methyl sites for hydroxylation is 1. The molecule has 1 atom stereocenters. The van der Waals surface area contributed by atoms with Crippen molar-refractivity contribution in [3.05, 3.63) is 65.7 Å². The van der Waals surface area contributed by atoms with Gasteiger partial charge in [-0.15, -0.1) is 11.8 Å². The Kier molecular flexibility index (Phi) is 9.66. The highest BCUT2D eigenvalue weighted by atomic mass is 32.2. The first-order valence-corrected chi connectivity index (χ1v) is 12.9. The number of hydrogen-bond donors (Lipinski definition) is 1. The maximum Gasteiger partial charge on any atom is 0.243 e. The van der Waals surface area contributed by atoms with Crippen molar-refractivity contribution in [3.8, 4) is 0 Å². The molecule has 2 amide bonds. The fraction of sp³-hybridized carbons (Fsp3) is 0.481. The molecular formula is C27H36N2O2S. The predicted molar refractivity (Wildman–Crippen MR) is 133 cm³/mol. The van der Waals surface area contributed by atoms with E-state index in [2.05, 4.69) is 36.5 Å². The van der Waals surface area contributed by atoms with E-state index in [0.29, 0.717) is 25.1 Å². The summed E-state index contributed by atoms with van der Waals surface area (Å²) in [6, 6.07) is 18.2. The molecule has 0 spiro atoms. The Morgan fingerprint density at radius 2 is 1.81 bits per heavy atom. The molecule has 0 radical (unpaired) electrons. The summed E-state index contributed by atoms with van der Waals surface area (Å²) in [6.45, 7) is 4.52. The number of nitrogens with one attached hydrogen (secondary N) is 1. The summed E-state index contributed by atoms with van der Waals surface area (Å²) in [4.78, 5) is 29.5. The second kappa shape index (κ2) is 12.7. The van der Waals surface area contributed by atoms with Crippen molar-refractivity contribution in [3.63, 3.8) is 0 Å². The van der Waals surface area contributed by atoms with Crippen LogP contribution in [0.4, 0.5) is 0 Å². The molecular weight excluding hydrogens is 416 g/mol. The van der Waals surface area contributed by atoms with Gasteiger partial charge < -0.3 is 10.2 Å². The maximum absolute atomic E-state index is 13.4. The summed E-state index contributed by atoms with van der Waals surface area (Å²) >= 11 is 1.68. The van der Waals surface area contributed by atoms with Gasteiger partial charge in [0.2, 0.25) is 11.8 Å². The molecule has 1 aliphatic carbocycles. The van der Waals surface area contributed by atoms with E-state index in [1.54, 1.807) is 16.7 Å². The Morgan fingerprint density at radius 3 is 2.50 bits per heavy atom. The SMILES string of the molecule is CCC(C(=O)NC1CCCCC1)N(Cc1cccc(C)c1)C(=O)CCSc1ccccc1. The Morgan fingerprint density at radius 1 is 1.06 bits per heavy atom. The monoisotopic (exact) mass is 452 g/mol. The Labute approximate surface area is 197 Å². The Hall–Kier alpha value is -2.27. The molecule has 0 aromatic heterocycles. The van der Waals surface area contributed by atoms with Crippen LogP contribution in [0.1, 0.15) is 63.0 Å². The standard InChI is InChI=1S/C27H36N2O2S/c1-3-25(27(31)28-23-13-6-4-7-14-23)29(20-22-12-10-11-21(2)19-22)26(30)17-18-32-24-15-8-5-9-16-24/h5,8-12,15-16,19,23,25H,3-4,6-7,13-14,17-18,20H2,1-2H3,(H,28,31). The summed E-state index contributed by atoms with van der Waals surface area (Å²) in [7, 11) is 0. The molecule has 0 saturated heterocycles. The lowest BCUT2D eigenvalue weighted by Crippen LogP contribution is -2.51. The van der Waals surface area contributed by atoms with E-state index in [1.807, 2.05) is 37.3 Å². The minimum absolute atomic E-state index is 0.00360. The summed E-state index contributed by atoms with van der Waals surface area (Å²) < 4.78 is 0. The maximum atomic E-state index is 13.4. The summed E-state index contributed by atoms with van der Waals surface area (Å²) in [5.74, 6) is 0.741. The number of benzene rings is 2. The molecule has 172 valence electrons. The lowest BCUT2D eigenvalue weighted by Gasteiger charge is -2.33. The number of thioether (sulfide) groups is 1. The first-order valence-electron chi connectivity index (χ1n) is 11.9. The second-order valence-corrected chi connectivity index (χ2v) is 9.86. The molecule has 2 aromatic rings. The van der Waals surface area contributed by atoms with Gasteiger partial charge in [0.05, 0.1) is 0 Å². The van der Waals surface area contributed by atoms with Gasteiger partial charge in [-0.1, -0.05) is 74.2 Å². The molecule has 2 aromatic carbocycles. The second-order valence-electron chi connectivity index (χ2n) is 8.69. The van der Waals surface area contributed by atoms with Gasteiger partial charge >= 0.3 is 0 Å². The third-order valence-corrected chi connectivity index (χ3v) is 7.11. The number of carbonyl (C=O) groups is 2. The predicted octanol–water partition coefficient (Wildman–Crippen LogP) is 5.73.